The number of sulfonamides is 1. The van der Waals surface area contributed by atoms with Crippen LogP contribution in [0.2, 0.25) is 0 Å². The number of carbonyl (C=O) groups is 2. The Labute approximate surface area is 172 Å². The molecule has 0 saturated carbocycles. The molecule has 1 aliphatic rings. The first-order valence-corrected chi connectivity index (χ1v) is 10.7. The van der Waals surface area contributed by atoms with Gasteiger partial charge in [-0.1, -0.05) is 24.3 Å². The normalized spacial score (nSPS) is 15.1. The van der Waals surface area contributed by atoms with Crippen LogP contribution >= 0.6 is 0 Å². The zero-order valence-corrected chi connectivity index (χ0v) is 16.6. The number of hydrogen-bond acceptors (Lipinski definition) is 6. The minimum absolute atomic E-state index is 0.000612. The second kappa shape index (κ2) is 8.27. The molecule has 9 nitrogen and oxygen atoms in total. The summed E-state index contributed by atoms with van der Waals surface area (Å²) < 4.78 is 37.5. The van der Waals surface area contributed by atoms with E-state index in [0.29, 0.717) is 18.8 Å². The Kier molecular flexibility index (Phi) is 5.53. The first kappa shape index (κ1) is 20.1. The molecule has 4 rings (SSSR count). The van der Waals surface area contributed by atoms with E-state index in [1.807, 2.05) is 6.07 Å². The number of rotatable bonds is 4. The van der Waals surface area contributed by atoms with Crippen LogP contribution in [0.4, 0.5) is 0 Å². The van der Waals surface area contributed by atoms with E-state index in [1.165, 1.54) is 28.6 Å². The number of morpholine rings is 1. The number of hydrogen-bond donors (Lipinski definition) is 2. The molecule has 156 valence electrons. The molecule has 1 aromatic heterocycles. The van der Waals surface area contributed by atoms with E-state index in [0.717, 1.165) is 5.39 Å². The summed E-state index contributed by atoms with van der Waals surface area (Å²) in [7, 11) is -3.74. The van der Waals surface area contributed by atoms with Crippen molar-refractivity contribution in [3.63, 3.8) is 0 Å². The van der Waals surface area contributed by atoms with Gasteiger partial charge in [0.2, 0.25) is 10.0 Å². The van der Waals surface area contributed by atoms with Crippen LogP contribution in [0.15, 0.2) is 63.9 Å². The van der Waals surface area contributed by atoms with Gasteiger partial charge in [0.05, 0.1) is 18.1 Å². The molecule has 0 radical (unpaired) electrons. The van der Waals surface area contributed by atoms with E-state index in [-0.39, 0.29) is 29.3 Å². The summed E-state index contributed by atoms with van der Waals surface area (Å²) in [4.78, 5) is 24.7. The van der Waals surface area contributed by atoms with Gasteiger partial charge in [-0.3, -0.25) is 20.4 Å². The number of fused-ring (bicyclic) bond motifs is 1. The Balaban J connectivity index is 1.44. The van der Waals surface area contributed by atoms with Crippen LogP contribution in [0, 0.1) is 0 Å². The maximum absolute atomic E-state index is 12.8. The third kappa shape index (κ3) is 4.06. The summed E-state index contributed by atoms with van der Waals surface area (Å²) in [5, 5.41) is 0.759. The van der Waals surface area contributed by atoms with Gasteiger partial charge < -0.3 is 9.15 Å². The SMILES string of the molecule is O=C(NNC(=O)c1cc2ccccc2o1)c1cccc(S(=O)(=O)N2CCOCC2)c1. The lowest BCUT2D eigenvalue weighted by Gasteiger charge is -2.26. The van der Waals surface area contributed by atoms with Gasteiger partial charge in [0, 0.05) is 24.0 Å². The molecule has 10 heteroatoms. The van der Waals surface area contributed by atoms with Crippen molar-refractivity contribution in [2.45, 2.75) is 4.90 Å². The quantitative estimate of drug-likeness (QED) is 0.608. The van der Waals surface area contributed by atoms with E-state index in [1.54, 1.807) is 24.3 Å². The molecular weight excluding hydrogens is 410 g/mol. The molecule has 0 spiro atoms. The second-order valence-corrected chi connectivity index (χ2v) is 8.54. The van der Waals surface area contributed by atoms with Crippen LogP contribution in [-0.4, -0.2) is 50.8 Å². The number of amides is 2. The average molecular weight is 429 g/mol. The highest BCUT2D eigenvalue weighted by Gasteiger charge is 2.27. The Morgan fingerprint density at radius 1 is 0.900 bits per heavy atom. The predicted molar refractivity (Wildman–Crippen MR) is 107 cm³/mol. The lowest BCUT2D eigenvalue weighted by Crippen LogP contribution is -2.42. The average Bonchev–Trinajstić information content (AvgIpc) is 3.22. The van der Waals surface area contributed by atoms with Crippen LogP contribution in [0.1, 0.15) is 20.9 Å². The number of benzene rings is 2. The highest BCUT2D eigenvalue weighted by atomic mass is 32.2. The molecule has 0 atom stereocenters. The van der Waals surface area contributed by atoms with E-state index in [2.05, 4.69) is 10.9 Å². The lowest BCUT2D eigenvalue weighted by atomic mass is 10.2. The van der Waals surface area contributed by atoms with E-state index in [4.69, 9.17) is 9.15 Å². The molecule has 3 aromatic rings. The Bertz CT molecular complexity index is 1160. The van der Waals surface area contributed by atoms with Gasteiger partial charge in [-0.2, -0.15) is 4.31 Å². The lowest BCUT2D eigenvalue weighted by molar-refractivity contribution is 0.0730. The summed E-state index contributed by atoms with van der Waals surface area (Å²) >= 11 is 0. The van der Waals surface area contributed by atoms with Crippen molar-refractivity contribution < 1.29 is 27.2 Å². The maximum Gasteiger partial charge on any atom is 0.305 e. The number of ether oxygens (including phenoxy) is 1. The van der Waals surface area contributed by atoms with Gasteiger partial charge in [-0.15, -0.1) is 0 Å². The number of carbonyl (C=O) groups excluding carboxylic acids is 2. The molecule has 2 N–H and O–H groups in total. The van der Waals surface area contributed by atoms with Gasteiger partial charge >= 0.3 is 5.91 Å². The van der Waals surface area contributed by atoms with Gasteiger partial charge in [-0.05, 0) is 30.3 Å². The fourth-order valence-corrected chi connectivity index (χ4v) is 4.53. The topological polar surface area (TPSA) is 118 Å². The molecule has 2 amide bonds. The maximum atomic E-state index is 12.8. The van der Waals surface area contributed by atoms with Gasteiger partial charge in [-0.25, -0.2) is 8.42 Å². The number of hydrazine groups is 1. The van der Waals surface area contributed by atoms with Gasteiger partial charge in [0.25, 0.3) is 5.91 Å². The minimum Gasteiger partial charge on any atom is -0.451 e. The highest BCUT2D eigenvalue weighted by molar-refractivity contribution is 7.89. The molecule has 0 aliphatic carbocycles. The molecule has 1 fully saturated rings. The van der Waals surface area contributed by atoms with Crippen molar-refractivity contribution in [3.8, 4) is 0 Å². The number of furan rings is 1. The third-order valence-electron chi connectivity index (χ3n) is 4.64. The van der Waals surface area contributed by atoms with E-state index < -0.39 is 21.8 Å². The molecular formula is C20H19N3O6S. The van der Waals surface area contributed by atoms with Crippen molar-refractivity contribution in [2.75, 3.05) is 26.3 Å². The Morgan fingerprint density at radius 3 is 2.40 bits per heavy atom. The summed E-state index contributed by atoms with van der Waals surface area (Å²) in [5.41, 5.74) is 5.19. The van der Waals surface area contributed by atoms with Crippen molar-refractivity contribution >= 4 is 32.8 Å². The van der Waals surface area contributed by atoms with Gasteiger partial charge in [0.15, 0.2) is 5.76 Å². The summed E-state index contributed by atoms with van der Waals surface area (Å²) in [6, 6.07) is 14.3. The predicted octanol–water partition coefficient (Wildman–Crippen LogP) is 1.53. The zero-order valence-electron chi connectivity index (χ0n) is 15.8. The van der Waals surface area contributed by atoms with Crippen LogP contribution in [0.25, 0.3) is 11.0 Å². The summed E-state index contributed by atoms with van der Waals surface area (Å²) in [5.74, 6) is -1.24. The third-order valence-corrected chi connectivity index (χ3v) is 6.54. The van der Waals surface area contributed by atoms with Crippen LogP contribution < -0.4 is 10.9 Å². The first-order chi connectivity index (χ1) is 14.4. The number of para-hydroxylation sites is 1. The monoisotopic (exact) mass is 429 g/mol. The van der Waals surface area contributed by atoms with E-state index >= 15 is 0 Å². The number of nitrogens with zero attached hydrogens (tertiary/aromatic N) is 1. The molecule has 1 saturated heterocycles. The van der Waals surface area contributed by atoms with Crippen LogP contribution in [0.5, 0.6) is 0 Å². The van der Waals surface area contributed by atoms with Crippen LogP contribution in [-0.2, 0) is 14.8 Å². The van der Waals surface area contributed by atoms with Crippen molar-refractivity contribution in [3.05, 3.63) is 65.9 Å². The zero-order chi connectivity index (χ0) is 21.1. The molecule has 2 heterocycles. The minimum atomic E-state index is -3.74. The molecule has 30 heavy (non-hydrogen) atoms. The molecule has 0 bridgehead atoms. The first-order valence-electron chi connectivity index (χ1n) is 9.22. The summed E-state index contributed by atoms with van der Waals surface area (Å²) in [6.07, 6.45) is 0. The molecule has 2 aromatic carbocycles. The fraction of sp³-hybridized carbons (Fsp3) is 0.200. The highest BCUT2D eigenvalue weighted by Crippen LogP contribution is 2.19. The fourth-order valence-electron chi connectivity index (χ4n) is 3.07. The molecule has 0 unspecified atom stereocenters. The number of nitrogens with one attached hydrogen (secondary N) is 2. The Morgan fingerprint density at radius 2 is 1.63 bits per heavy atom. The van der Waals surface area contributed by atoms with Crippen LogP contribution in [0.3, 0.4) is 0 Å². The smallest absolute Gasteiger partial charge is 0.305 e. The molecule has 1 aliphatic heterocycles. The largest absolute Gasteiger partial charge is 0.451 e. The van der Waals surface area contributed by atoms with Gasteiger partial charge in [0.1, 0.15) is 5.58 Å². The van der Waals surface area contributed by atoms with Crippen molar-refractivity contribution in [1.29, 1.82) is 0 Å². The Hall–Kier alpha value is -3.21. The van der Waals surface area contributed by atoms with E-state index in [9.17, 15) is 18.0 Å². The second-order valence-electron chi connectivity index (χ2n) is 6.60. The van der Waals surface area contributed by atoms with Crippen molar-refractivity contribution in [1.82, 2.24) is 15.2 Å². The van der Waals surface area contributed by atoms with Crippen molar-refractivity contribution in [2.24, 2.45) is 0 Å². The standard InChI is InChI=1S/C20H19N3O6S/c24-19(21-22-20(25)18-13-14-4-1-2-7-17(14)29-18)15-5-3-6-16(12-15)30(26,27)23-8-10-28-11-9-23/h1-7,12-13H,8-11H2,(H,21,24)(H,22,25). The summed E-state index contributed by atoms with van der Waals surface area (Å²) in [6.45, 7) is 1.17.